The summed E-state index contributed by atoms with van der Waals surface area (Å²) >= 11 is 3.35. The van der Waals surface area contributed by atoms with Crippen LogP contribution in [0.5, 0.6) is 11.5 Å². The molecule has 0 bridgehead atoms. The Bertz CT molecular complexity index is 835. The molecule has 1 N–H and O–H groups in total. The summed E-state index contributed by atoms with van der Waals surface area (Å²) in [4.78, 5) is 25.2. The number of hydrogen-bond donors (Lipinski definition) is 1. The minimum atomic E-state index is -1.09. The molecule has 1 fully saturated rings. The van der Waals surface area contributed by atoms with E-state index in [0.717, 1.165) is 0 Å². The van der Waals surface area contributed by atoms with Gasteiger partial charge < -0.3 is 29.0 Å². The molecule has 0 unspecified atom stereocenters. The van der Waals surface area contributed by atoms with E-state index < -0.39 is 17.4 Å². The van der Waals surface area contributed by atoms with Crippen LogP contribution in [-0.2, 0) is 9.47 Å². The van der Waals surface area contributed by atoms with E-state index in [-0.39, 0.29) is 24.4 Å². The lowest BCUT2D eigenvalue weighted by Gasteiger charge is -2.26. The molecular formula is C20H26BrNO7. The maximum absolute atomic E-state index is 12.2. The molecule has 0 saturated carbocycles. The molecule has 9 heteroatoms. The summed E-state index contributed by atoms with van der Waals surface area (Å²) in [7, 11) is 0. The molecule has 29 heavy (non-hydrogen) atoms. The summed E-state index contributed by atoms with van der Waals surface area (Å²) in [6.07, 6.45) is 0.180. The van der Waals surface area contributed by atoms with E-state index in [1.807, 2.05) is 20.8 Å². The first-order valence-electron chi connectivity index (χ1n) is 9.42. The number of benzene rings is 1. The zero-order valence-electron chi connectivity index (χ0n) is 17.2. The van der Waals surface area contributed by atoms with Crippen molar-refractivity contribution in [1.29, 1.82) is 0 Å². The van der Waals surface area contributed by atoms with E-state index in [0.29, 0.717) is 41.0 Å². The molecule has 2 atom stereocenters. The highest BCUT2D eigenvalue weighted by Gasteiger charge is 2.42. The van der Waals surface area contributed by atoms with Gasteiger partial charge in [-0.1, -0.05) is 0 Å². The van der Waals surface area contributed by atoms with Crippen molar-refractivity contribution in [2.75, 3.05) is 19.7 Å². The van der Waals surface area contributed by atoms with Crippen molar-refractivity contribution in [3.05, 3.63) is 21.7 Å². The van der Waals surface area contributed by atoms with Gasteiger partial charge >= 0.3 is 12.1 Å². The van der Waals surface area contributed by atoms with Gasteiger partial charge in [-0.25, -0.2) is 9.59 Å². The summed E-state index contributed by atoms with van der Waals surface area (Å²) in [5, 5.41) is 9.35. The first-order valence-corrected chi connectivity index (χ1v) is 10.2. The number of nitrogens with zero attached hydrogens (tertiary/aromatic N) is 1. The number of aromatic carboxylic acids is 1. The van der Waals surface area contributed by atoms with Gasteiger partial charge in [0.25, 0.3) is 5.79 Å². The van der Waals surface area contributed by atoms with Crippen molar-refractivity contribution in [2.24, 2.45) is 0 Å². The molecule has 1 aromatic rings. The van der Waals surface area contributed by atoms with Gasteiger partial charge in [0, 0.05) is 19.0 Å². The first-order chi connectivity index (χ1) is 13.4. The Morgan fingerprint density at radius 1 is 1.34 bits per heavy atom. The molecule has 2 aliphatic rings. The summed E-state index contributed by atoms with van der Waals surface area (Å²) in [5.74, 6) is -1.27. The zero-order valence-corrected chi connectivity index (χ0v) is 18.8. The van der Waals surface area contributed by atoms with Gasteiger partial charge in [-0.15, -0.1) is 0 Å². The second-order valence-corrected chi connectivity index (χ2v) is 9.33. The molecule has 0 radical (unpaired) electrons. The number of carbonyl (C=O) groups is 2. The van der Waals surface area contributed by atoms with Crippen molar-refractivity contribution in [2.45, 2.75) is 58.5 Å². The maximum Gasteiger partial charge on any atom is 0.410 e. The van der Waals surface area contributed by atoms with Crippen LogP contribution in [0.25, 0.3) is 0 Å². The van der Waals surface area contributed by atoms with Gasteiger partial charge in [0.15, 0.2) is 11.5 Å². The monoisotopic (exact) mass is 471 g/mol. The molecular weight excluding hydrogens is 446 g/mol. The third-order valence-corrected chi connectivity index (χ3v) is 5.27. The van der Waals surface area contributed by atoms with Crippen LogP contribution in [-0.4, -0.2) is 59.3 Å². The highest BCUT2D eigenvalue weighted by Crippen LogP contribution is 2.48. The SMILES string of the molecule is Cc1c(C(=O)O)cc(Br)c2c1O[C@@](C)(CO[C@H]1CCN(C(=O)OC(C)(C)C)C1)O2. The van der Waals surface area contributed by atoms with Crippen LogP contribution >= 0.6 is 15.9 Å². The average molecular weight is 472 g/mol. The third kappa shape index (κ3) is 4.78. The quantitative estimate of drug-likeness (QED) is 0.709. The van der Waals surface area contributed by atoms with Gasteiger partial charge in [-0.2, -0.15) is 0 Å². The Hall–Kier alpha value is -2.00. The van der Waals surface area contributed by atoms with Crippen LogP contribution in [0, 0.1) is 6.92 Å². The second-order valence-electron chi connectivity index (χ2n) is 8.48. The minimum absolute atomic E-state index is 0.128. The molecule has 1 amide bonds. The highest BCUT2D eigenvalue weighted by molar-refractivity contribution is 9.10. The van der Waals surface area contributed by atoms with Crippen LogP contribution in [0.15, 0.2) is 10.5 Å². The molecule has 160 valence electrons. The number of likely N-dealkylation sites (tertiary alicyclic amines) is 1. The predicted molar refractivity (Wildman–Crippen MR) is 108 cm³/mol. The van der Waals surface area contributed by atoms with Gasteiger partial charge in [-0.3, -0.25) is 0 Å². The summed E-state index contributed by atoms with van der Waals surface area (Å²) in [5.41, 5.74) is 0.102. The number of ether oxygens (including phenoxy) is 4. The van der Waals surface area contributed by atoms with Crippen molar-refractivity contribution in [3.63, 3.8) is 0 Å². The second kappa shape index (κ2) is 7.68. The Morgan fingerprint density at radius 3 is 2.62 bits per heavy atom. The number of hydrogen-bond acceptors (Lipinski definition) is 6. The first kappa shape index (κ1) is 21.7. The lowest BCUT2D eigenvalue weighted by Crippen LogP contribution is -2.42. The van der Waals surface area contributed by atoms with Crippen LogP contribution in [0.2, 0.25) is 0 Å². The number of carbonyl (C=O) groups excluding carboxylic acids is 1. The lowest BCUT2D eigenvalue weighted by atomic mass is 10.1. The number of halogens is 1. The van der Waals surface area contributed by atoms with Gasteiger partial charge in [0.05, 0.1) is 22.7 Å². The fourth-order valence-corrected chi connectivity index (χ4v) is 3.77. The van der Waals surface area contributed by atoms with Crippen molar-refractivity contribution < 1.29 is 33.6 Å². The lowest BCUT2D eigenvalue weighted by molar-refractivity contribution is -0.132. The third-order valence-electron chi connectivity index (χ3n) is 4.68. The Kier molecular flexibility index (Phi) is 5.75. The largest absolute Gasteiger partial charge is 0.478 e. The van der Waals surface area contributed by atoms with E-state index in [1.54, 1.807) is 18.7 Å². The normalized spacial score (nSPS) is 23.4. The fourth-order valence-electron chi connectivity index (χ4n) is 3.28. The van der Waals surface area contributed by atoms with E-state index >= 15 is 0 Å². The Balaban J connectivity index is 1.61. The summed E-state index contributed by atoms with van der Waals surface area (Å²) in [6.45, 7) is 10.0. The number of rotatable bonds is 4. The topological polar surface area (TPSA) is 94.5 Å². The van der Waals surface area contributed by atoms with Crippen LogP contribution in [0.4, 0.5) is 4.79 Å². The molecule has 0 aromatic heterocycles. The minimum Gasteiger partial charge on any atom is -0.478 e. The molecule has 0 aliphatic carbocycles. The number of fused-ring (bicyclic) bond motifs is 1. The van der Waals surface area contributed by atoms with Crippen molar-refractivity contribution >= 4 is 28.0 Å². The van der Waals surface area contributed by atoms with E-state index in [4.69, 9.17) is 18.9 Å². The molecule has 3 rings (SSSR count). The van der Waals surface area contributed by atoms with Crippen LogP contribution in [0.3, 0.4) is 0 Å². The summed E-state index contributed by atoms with van der Waals surface area (Å²) in [6, 6.07) is 1.50. The number of amides is 1. The maximum atomic E-state index is 12.2. The average Bonchev–Trinajstić information content (AvgIpc) is 3.20. The predicted octanol–water partition coefficient (Wildman–Crippen LogP) is 3.97. The zero-order chi connectivity index (χ0) is 21.6. The standard InChI is InChI=1S/C20H26BrNO7/c1-11-13(17(23)24)8-14(21)16-15(11)27-20(5,28-16)10-26-12-6-7-22(9-12)18(25)29-19(2,3)4/h8,12H,6-7,9-10H2,1-5H3,(H,23,24)/t12-,20+/m0/s1. The highest BCUT2D eigenvalue weighted by atomic mass is 79.9. The van der Waals surface area contributed by atoms with Crippen molar-refractivity contribution in [3.8, 4) is 11.5 Å². The molecule has 1 saturated heterocycles. The smallest absolute Gasteiger partial charge is 0.410 e. The molecule has 8 nitrogen and oxygen atoms in total. The molecule has 2 aliphatic heterocycles. The van der Waals surface area contributed by atoms with E-state index in [9.17, 15) is 14.7 Å². The van der Waals surface area contributed by atoms with E-state index in [1.165, 1.54) is 6.07 Å². The number of carboxylic acid groups (broad SMARTS) is 1. The van der Waals surface area contributed by atoms with Crippen molar-refractivity contribution in [1.82, 2.24) is 4.90 Å². The van der Waals surface area contributed by atoms with Crippen LogP contribution in [0.1, 0.15) is 50.0 Å². The molecule has 0 spiro atoms. The molecule has 1 aromatic carbocycles. The molecule has 2 heterocycles. The van der Waals surface area contributed by atoms with Gasteiger partial charge in [-0.05, 0) is 56.1 Å². The Morgan fingerprint density at radius 2 is 2.00 bits per heavy atom. The Labute approximate surface area is 178 Å². The van der Waals surface area contributed by atoms with Gasteiger partial charge in [0.2, 0.25) is 0 Å². The summed E-state index contributed by atoms with van der Waals surface area (Å²) < 4.78 is 23.8. The number of carboxylic acids is 1. The van der Waals surface area contributed by atoms with E-state index in [2.05, 4.69) is 15.9 Å². The van der Waals surface area contributed by atoms with Gasteiger partial charge in [0.1, 0.15) is 12.2 Å². The fraction of sp³-hybridized carbons (Fsp3) is 0.600. The van der Waals surface area contributed by atoms with Crippen LogP contribution < -0.4 is 9.47 Å².